The maximum Gasteiger partial charge on any atom is 0.341 e. The largest absolute Gasteiger partial charge is 0.507 e. The molecule has 0 spiro atoms. The molecule has 0 aliphatic carbocycles. The second-order valence-corrected chi connectivity index (χ2v) is 13.8. The molecular weight excluding hydrogens is 697 g/mol. The minimum absolute atomic E-state index is 0.0103. The molecule has 2 aromatic heterocycles. The maximum atomic E-state index is 14.1. The number of fused-ring (bicyclic) bond motifs is 2. The number of rotatable bonds is 14. The predicted octanol–water partition coefficient (Wildman–Crippen LogP) is 5.52. The van der Waals surface area contributed by atoms with Crippen LogP contribution in [-0.2, 0) is 45.0 Å². The van der Waals surface area contributed by atoms with Crippen molar-refractivity contribution in [2.75, 3.05) is 14.2 Å². The van der Waals surface area contributed by atoms with E-state index in [9.17, 15) is 29.4 Å². The summed E-state index contributed by atoms with van der Waals surface area (Å²) in [6, 6.07) is 24.5. The van der Waals surface area contributed by atoms with E-state index in [2.05, 4.69) is 20.6 Å². The smallest absolute Gasteiger partial charge is 0.341 e. The third kappa shape index (κ3) is 8.47. The molecule has 2 heterocycles. The Labute approximate surface area is 308 Å². The number of hydrogen-bond acceptors (Lipinski definition) is 9. The van der Waals surface area contributed by atoms with Gasteiger partial charge in [0.1, 0.15) is 22.6 Å². The van der Waals surface area contributed by atoms with Crippen LogP contribution in [0.15, 0.2) is 97.3 Å². The molecule has 0 fully saturated rings. The molecule has 272 valence electrons. The Morgan fingerprint density at radius 2 is 1.06 bits per heavy atom. The summed E-state index contributed by atoms with van der Waals surface area (Å²) >= 11 is 1.24. The number of amides is 2. The van der Waals surface area contributed by atoms with Crippen molar-refractivity contribution in [1.29, 1.82) is 0 Å². The number of esters is 2. The van der Waals surface area contributed by atoms with Gasteiger partial charge >= 0.3 is 11.9 Å². The molecule has 2 atom stereocenters. The van der Waals surface area contributed by atoms with E-state index in [1.165, 1.54) is 50.2 Å². The summed E-state index contributed by atoms with van der Waals surface area (Å²) in [5.41, 5.74) is 4.79. The molecule has 4 aromatic carbocycles. The van der Waals surface area contributed by atoms with Crippen LogP contribution >= 0.6 is 11.8 Å². The highest BCUT2D eigenvalue weighted by atomic mass is 32.2. The van der Waals surface area contributed by atoms with Gasteiger partial charge in [0, 0.05) is 47.3 Å². The van der Waals surface area contributed by atoms with Gasteiger partial charge in [-0.05, 0) is 71.5 Å². The lowest BCUT2D eigenvalue weighted by Crippen LogP contribution is -2.39. The monoisotopic (exact) mass is 734 g/mol. The summed E-state index contributed by atoms with van der Waals surface area (Å²) in [7, 11) is 2.45. The standard InChI is InChI=1S/C40H38N4O8S/c1-51-39(49)29-13-11-23(15-33(29)45)19-43-37(47)35(17-25-21-41-31-9-5-3-7-27(25)31)53-36(18-26-22-42-32-10-6-4-8-28(26)32)38(48)44-20-24-12-14-30(34(46)16-24)40(50)52-2/h3-16,21-22,35-36,41-42,45-46H,17-20H2,1-2H3,(H,43,47)(H,44,48). The van der Waals surface area contributed by atoms with Gasteiger partial charge < -0.3 is 40.3 Å². The fourth-order valence-electron chi connectivity index (χ4n) is 6.15. The lowest BCUT2D eigenvalue weighted by Gasteiger charge is -2.23. The molecule has 0 aliphatic heterocycles. The number of H-pyrrole nitrogens is 2. The summed E-state index contributed by atoms with van der Waals surface area (Å²) in [4.78, 5) is 58.7. The average Bonchev–Trinajstić information content (AvgIpc) is 3.78. The number of nitrogens with one attached hydrogen (secondary N) is 4. The average molecular weight is 735 g/mol. The van der Waals surface area contributed by atoms with Crippen molar-refractivity contribution < 1.29 is 38.9 Å². The van der Waals surface area contributed by atoms with Crippen LogP contribution in [0.5, 0.6) is 11.5 Å². The second-order valence-electron chi connectivity index (χ2n) is 12.4. The van der Waals surface area contributed by atoms with Crippen LogP contribution in [0, 0.1) is 0 Å². The van der Waals surface area contributed by atoms with Gasteiger partial charge in [0.25, 0.3) is 0 Å². The Hall–Kier alpha value is -6.21. The summed E-state index contributed by atoms with van der Waals surface area (Å²) in [5, 5.41) is 27.2. The van der Waals surface area contributed by atoms with E-state index < -0.39 is 22.4 Å². The Morgan fingerprint density at radius 1 is 0.642 bits per heavy atom. The number of ether oxygens (including phenoxy) is 2. The molecule has 2 unspecified atom stereocenters. The first-order valence-electron chi connectivity index (χ1n) is 16.8. The number of aromatic hydroxyl groups is 2. The molecule has 6 aromatic rings. The Bertz CT molecular complexity index is 2140. The highest BCUT2D eigenvalue weighted by molar-refractivity contribution is 8.01. The highest BCUT2D eigenvalue weighted by Crippen LogP contribution is 2.31. The number of aromatic nitrogens is 2. The lowest BCUT2D eigenvalue weighted by molar-refractivity contribution is -0.120. The number of carbonyl (C=O) groups is 4. The van der Waals surface area contributed by atoms with E-state index in [0.29, 0.717) is 24.0 Å². The molecule has 0 saturated carbocycles. The number of carbonyl (C=O) groups excluding carboxylic acids is 4. The van der Waals surface area contributed by atoms with Crippen molar-refractivity contribution in [3.8, 4) is 11.5 Å². The molecule has 0 radical (unpaired) electrons. The van der Waals surface area contributed by atoms with E-state index in [1.807, 2.05) is 60.9 Å². The number of thioether (sulfide) groups is 1. The van der Waals surface area contributed by atoms with Crippen LogP contribution in [0.1, 0.15) is 43.0 Å². The van der Waals surface area contributed by atoms with E-state index in [1.54, 1.807) is 12.1 Å². The molecular formula is C40H38N4O8S. The van der Waals surface area contributed by atoms with Crippen molar-refractivity contribution in [2.24, 2.45) is 0 Å². The van der Waals surface area contributed by atoms with Crippen LogP contribution in [0.4, 0.5) is 0 Å². The first-order chi connectivity index (χ1) is 25.6. The number of phenolic OH excluding ortho intramolecular Hbond substituents is 2. The van der Waals surface area contributed by atoms with Gasteiger partial charge in [-0.3, -0.25) is 9.59 Å². The number of aromatic amines is 2. The molecule has 0 aliphatic rings. The Balaban J connectivity index is 1.27. The molecule has 0 bridgehead atoms. The minimum atomic E-state index is -0.735. The molecule has 53 heavy (non-hydrogen) atoms. The van der Waals surface area contributed by atoms with Gasteiger partial charge in [-0.1, -0.05) is 48.5 Å². The zero-order chi connectivity index (χ0) is 37.5. The fourth-order valence-corrected chi connectivity index (χ4v) is 7.51. The zero-order valence-corrected chi connectivity index (χ0v) is 29.8. The predicted molar refractivity (Wildman–Crippen MR) is 202 cm³/mol. The molecule has 6 rings (SSSR count). The first-order valence-corrected chi connectivity index (χ1v) is 17.7. The SMILES string of the molecule is COC(=O)c1ccc(CNC(=O)C(Cc2c[nH]c3ccccc23)SC(Cc2c[nH]c3ccccc23)C(=O)NCc2ccc(C(=O)OC)c(O)c2)cc1O. The zero-order valence-electron chi connectivity index (χ0n) is 29.0. The summed E-state index contributed by atoms with van der Waals surface area (Å²) < 4.78 is 9.43. The lowest BCUT2D eigenvalue weighted by atomic mass is 10.1. The van der Waals surface area contributed by atoms with Crippen LogP contribution in [0.3, 0.4) is 0 Å². The first kappa shape index (κ1) is 36.6. The topological polar surface area (TPSA) is 183 Å². The fraction of sp³-hybridized carbons (Fsp3) is 0.200. The van der Waals surface area contributed by atoms with Crippen molar-refractivity contribution >= 4 is 57.3 Å². The second kappa shape index (κ2) is 16.4. The number of phenols is 2. The molecule has 2 amide bonds. The van der Waals surface area contributed by atoms with Crippen molar-refractivity contribution in [3.63, 3.8) is 0 Å². The van der Waals surface area contributed by atoms with Crippen LogP contribution in [-0.4, -0.2) is 68.7 Å². The van der Waals surface area contributed by atoms with Gasteiger partial charge in [-0.25, -0.2) is 9.59 Å². The number of benzene rings is 4. The number of hydrogen-bond donors (Lipinski definition) is 6. The van der Waals surface area contributed by atoms with Crippen LogP contribution in [0.25, 0.3) is 21.8 Å². The van der Waals surface area contributed by atoms with Gasteiger partial charge in [0.05, 0.1) is 24.7 Å². The molecule has 12 nitrogen and oxygen atoms in total. The van der Waals surface area contributed by atoms with Crippen LogP contribution in [0.2, 0.25) is 0 Å². The van der Waals surface area contributed by atoms with Crippen molar-refractivity contribution in [2.45, 2.75) is 36.4 Å². The Kier molecular flexibility index (Phi) is 11.3. The molecule has 6 N–H and O–H groups in total. The van der Waals surface area contributed by atoms with Gasteiger partial charge in [0.2, 0.25) is 11.8 Å². The number of methoxy groups -OCH3 is 2. The van der Waals surface area contributed by atoms with Crippen LogP contribution < -0.4 is 10.6 Å². The Morgan fingerprint density at radius 3 is 1.45 bits per heavy atom. The molecule has 0 saturated heterocycles. The molecule has 13 heteroatoms. The third-order valence-electron chi connectivity index (χ3n) is 8.94. The summed E-state index contributed by atoms with van der Waals surface area (Å²) in [6.07, 6.45) is 4.34. The van der Waals surface area contributed by atoms with E-state index >= 15 is 0 Å². The number of para-hydroxylation sites is 2. The third-order valence-corrected chi connectivity index (χ3v) is 10.4. The summed E-state index contributed by atoms with van der Waals surface area (Å²) in [6.45, 7) is 0.117. The van der Waals surface area contributed by atoms with Gasteiger partial charge in [0.15, 0.2) is 0 Å². The highest BCUT2D eigenvalue weighted by Gasteiger charge is 2.30. The van der Waals surface area contributed by atoms with E-state index in [-0.39, 0.29) is 47.5 Å². The van der Waals surface area contributed by atoms with Crippen molar-refractivity contribution in [3.05, 3.63) is 131 Å². The van der Waals surface area contributed by atoms with E-state index in [0.717, 1.165) is 32.9 Å². The quantitative estimate of drug-likeness (QED) is 0.0785. The maximum absolute atomic E-state index is 14.1. The minimum Gasteiger partial charge on any atom is -0.507 e. The van der Waals surface area contributed by atoms with E-state index in [4.69, 9.17) is 9.47 Å². The summed E-state index contributed by atoms with van der Waals surface area (Å²) in [5.74, 6) is -2.53. The normalized spacial score (nSPS) is 12.3. The van der Waals surface area contributed by atoms with Gasteiger partial charge in [-0.2, -0.15) is 0 Å². The van der Waals surface area contributed by atoms with Gasteiger partial charge in [-0.15, -0.1) is 11.8 Å². The van der Waals surface area contributed by atoms with Crippen molar-refractivity contribution in [1.82, 2.24) is 20.6 Å².